The molecule has 7 nitrogen and oxygen atoms in total. The van der Waals surface area contributed by atoms with E-state index in [9.17, 15) is 14.0 Å². The third kappa shape index (κ3) is 4.39. The fourth-order valence-corrected chi connectivity index (χ4v) is 5.27. The van der Waals surface area contributed by atoms with Crippen molar-refractivity contribution in [1.82, 2.24) is 10.2 Å². The van der Waals surface area contributed by atoms with Crippen molar-refractivity contribution in [2.75, 3.05) is 11.5 Å². The number of ether oxygens (including phenoxy) is 1. The van der Waals surface area contributed by atoms with Crippen molar-refractivity contribution in [3.8, 4) is 5.75 Å². The third-order valence-corrected chi connectivity index (χ3v) is 7.08. The van der Waals surface area contributed by atoms with Gasteiger partial charge < -0.3 is 9.15 Å². The summed E-state index contributed by atoms with van der Waals surface area (Å²) < 4.78 is 25.9. The van der Waals surface area contributed by atoms with Gasteiger partial charge in [-0.3, -0.25) is 14.5 Å². The lowest BCUT2D eigenvalue weighted by Crippen LogP contribution is -2.29. The molecule has 2 aromatic heterocycles. The summed E-state index contributed by atoms with van der Waals surface area (Å²) in [7, 11) is 0. The number of nitrogens with zero attached hydrogens (tertiary/aromatic N) is 3. The molecule has 1 amide bonds. The molecule has 9 heteroatoms. The fourth-order valence-electron chi connectivity index (χ4n) is 4.30. The van der Waals surface area contributed by atoms with Crippen LogP contribution in [0.1, 0.15) is 66.3 Å². The Hall–Kier alpha value is -3.59. The minimum absolute atomic E-state index is 0.0671. The first-order valence-electron chi connectivity index (χ1n) is 12.0. The molecule has 1 atom stereocenters. The molecule has 1 unspecified atom stereocenters. The van der Waals surface area contributed by atoms with Gasteiger partial charge in [0.25, 0.3) is 5.91 Å². The average molecular weight is 508 g/mol. The first kappa shape index (κ1) is 24.1. The Morgan fingerprint density at radius 3 is 2.78 bits per heavy atom. The first-order chi connectivity index (χ1) is 17.4. The van der Waals surface area contributed by atoms with Crippen LogP contribution in [0.4, 0.5) is 9.52 Å². The maximum Gasteiger partial charge on any atom is 0.297 e. The number of rotatable bonds is 8. The highest BCUT2D eigenvalue weighted by molar-refractivity contribution is 7.15. The van der Waals surface area contributed by atoms with Crippen molar-refractivity contribution in [1.29, 1.82) is 0 Å². The minimum Gasteiger partial charge on any atom is -0.494 e. The normalized spacial score (nSPS) is 15.2. The summed E-state index contributed by atoms with van der Waals surface area (Å²) >= 11 is 1.31. The van der Waals surface area contributed by atoms with Crippen LogP contribution < -0.4 is 15.1 Å². The van der Waals surface area contributed by atoms with Crippen LogP contribution in [0.25, 0.3) is 11.0 Å². The van der Waals surface area contributed by atoms with Gasteiger partial charge in [-0.15, -0.1) is 10.2 Å². The number of carbonyl (C=O) groups is 1. The summed E-state index contributed by atoms with van der Waals surface area (Å²) in [6, 6.07) is 10.2. The van der Waals surface area contributed by atoms with Crippen LogP contribution in [-0.4, -0.2) is 22.7 Å². The summed E-state index contributed by atoms with van der Waals surface area (Å²) in [5.41, 5.74) is 0.531. The summed E-state index contributed by atoms with van der Waals surface area (Å²) in [6.07, 6.45) is 2.52. The number of amides is 1. The van der Waals surface area contributed by atoms with Gasteiger partial charge in [0, 0.05) is 6.42 Å². The number of aryl methyl sites for hydroxylation is 1. The van der Waals surface area contributed by atoms with Gasteiger partial charge in [0.15, 0.2) is 5.43 Å². The third-order valence-electron chi connectivity index (χ3n) is 6.10. The van der Waals surface area contributed by atoms with Crippen LogP contribution in [-0.2, 0) is 6.42 Å². The number of halogens is 1. The Labute approximate surface area is 211 Å². The SMILES string of the molecule is CCCc1nnc(N2C(=O)c3oc4ccc(F)cc4c(=O)c3C2c2cccc(OCCC(C)C)c2)s1. The zero-order valence-electron chi connectivity index (χ0n) is 20.3. The van der Waals surface area contributed by atoms with E-state index in [4.69, 9.17) is 9.15 Å². The number of aromatic nitrogens is 2. The largest absolute Gasteiger partial charge is 0.494 e. The van der Waals surface area contributed by atoms with Gasteiger partial charge in [0.2, 0.25) is 10.9 Å². The van der Waals surface area contributed by atoms with E-state index >= 15 is 0 Å². The minimum atomic E-state index is -0.813. The van der Waals surface area contributed by atoms with E-state index in [-0.39, 0.29) is 22.3 Å². The number of carbonyl (C=O) groups excluding carboxylic acids is 1. The van der Waals surface area contributed by atoms with Crippen molar-refractivity contribution in [3.63, 3.8) is 0 Å². The van der Waals surface area contributed by atoms with Crippen LogP contribution in [0.15, 0.2) is 51.7 Å². The quantitative estimate of drug-likeness (QED) is 0.295. The molecule has 1 aliphatic heterocycles. The van der Waals surface area contributed by atoms with E-state index in [0.29, 0.717) is 29.0 Å². The number of benzene rings is 2. The van der Waals surface area contributed by atoms with Crippen LogP contribution in [0.3, 0.4) is 0 Å². The Balaban J connectivity index is 1.66. The Morgan fingerprint density at radius 1 is 1.17 bits per heavy atom. The van der Waals surface area contributed by atoms with E-state index in [1.165, 1.54) is 28.4 Å². The number of fused-ring (bicyclic) bond motifs is 2. The highest BCUT2D eigenvalue weighted by Crippen LogP contribution is 2.42. The second-order valence-corrected chi connectivity index (χ2v) is 10.3. The molecule has 0 saturated carbocycles. The van der Waals surface area contributed by atoms with Gasteiger partial charge >= 0.3 is 0 Å². The molecule has 0 aliphatic carbocycles. The Kier molecular flexibility index (Phi) is 6.57. The summed E-state index contributed by atoms with van der Waals surface area (Å²) in [6.45, 7) is 6.84. The molecule has 0 radical (unpaired) electrons. The van der Waals surface area contributed by atoms with E-state index in [1.807, 2.05) is 31.2 Å². The topological polar surface area (TPSA) is 85.5 Å². The van der Waals surface area contributed by atoms with Gasteiger partial charge in [-0.2, -0.15) is 0 Å². The molecule has 2 aromatic carbocycles. The zero-order chi connectivity index (χ0) is 25.4. The molecule has 1 aliphatic rings. The molecule has 186 valence electrons. The molecule has 0 N–H and O–H groups in total. The lowest BCUT2D eigenvalue weighted by atomic mass is 9.98. The maximum absolute atomic E-state index is 14.0. The van der Waals surface area contributed by atoms with Crippen LogP contribution >= 0.6 is 11.3 Å². The van der Waals surface area contributed by atoms with Crippen LogP contribution in [0.5, 0.6) is 5.75 Å². The molecule has 5 rings (SSSR count). The van der Waals surface area contributed by atoms with E-state index in [2.05, 4.69) is 24.0 Å². The van der Waals surface area contributed by atoms with Gasteiger partial charge in [-0.25, -0.2) is 4.39 Å². The van der Waals surface area contributed by atoms with E-state index in [1.54, 1.807) is 0 Å². The van der Waals surface area contributed by atoms with Gasteiger partial charge in [0.1, 0.15) is 22.2 Å². The maximum atomic E-state index is 14.0. The van der Waals surface area contributed by atoms with Crippen molar-refractivity contribution in [2.45, 2.75) is 46.1 Å². The second kappa shape index (κ2) is 9.81. The second-order valence-electron chi connectivity index (χ2n) is 9.22. The van der Waals surface area contributed by atoms with Crippen molar-refractivity contribution >= 4 is 33.3 Å². The van der Waals surface area contributed by atoms with E-state index in [0.717, 1.165) is 30.3 Å². The van der Waals surface area contributed by atoms with Crippen molar-refractivity contribution in [2.24, 2.45) is 5.92 Å². The molecular formula is C27H26FN3O4S. The summed E-state index contributed by atoms with van der Waals surface area (Å²) in [5.74, 6) is 0.0256. The monoisotopic (exact) mass is 507 g/mol. The zero-order valence-corrected chi connectivity index (χ0v) is 21.1. The van der Waals surface area contributed by atoms with Crippen LogP contribution in [0.2, 0.25) is 0 Å². The number of hydrogen-bond acceptors (Lipinski definition) is 7. The molecule has 0 saturated heterocycles. The molecular weight excluding hydrogens is 481 g/mol. The molecule has 0 fully saturated rings. The Bertz CT molecular complexity index is 1500. The summed E-state index contributed by atoms with van der Waals surface area (Å²) in [5, 5.41) is 9.76. The highest BCUT2D eigenvalue weighted by Gasteiger charge is 2.45. The fraction of sp³-hybridized carbons (Fsp3) is 0.333. The van der Waals surface area contributed by atoms with Crippen LogP contribution in [0, 0.1) is 11.7 Å². The van der Waals surface area contributed by atoms with Gasteiger partial charge in [-0.05, 0) is 54.7 Å². The lowest BCUT2D eigenvalue weighted by molar-refractivity contribution is 0.0970. The Morgan fingerprint density at radius 2 is 2.00 bits per heavy atom. The predicted molar refractivity (Wildman–Crippen MR) is 136 cm³/mol. The van der Waals surface area contributed by atoms with Gasteiger partial charge in [-0.1, -0.05) is 44.2 Å². The lowest BCUT2D eigenvalue weighted by Gasteiger charge is -2.22. The number of anilines is 1. The number of hydrogen-bond donors (Lipinski definition) is 0. The molecule has 0 bridgehead atoms. The average Bonchev–Trinajstić information content (AvgIpc) is 3.42. The van der Waals surface area contributed by atoms with Gasteiger partial charge in [0.05, 0.1) is 23.6 Å². The first-order valence-corrected chi connectivity index (χ1v) is 12.8. The molecule has 0 spiro atoms. The molecule has 4 aromatic rings. The standard InChI is InChI=1S/C27H26FN3O4S/c1-4-6-21-29-30-27(36-21)31-23(16-7-5-8-18(13-16)34-12-11-15(2)3)22-24(32)19-14-17(28)9-10-20(19)35-25(22)26(31)33/h5,7-10,13-15,23H,4,6,11-12H2,1-3H3. The van der Waals surface area contributed by atoms with Crippen molar-refractivity contribution in [3.05, 3.63) is 80.4 Å². The van der Waals surface area contributed by atoms with Crippen molar-refractivity contribution < 1.29 is 18.3 Å². The van der Waals surface area contributed by atoms with E-state index < -0.39 is 23.2 Å². The predicted octanol–water partition coefficient (Wildman–Crippen LogP) is 5.91. The molecule has 36 heavy (non-hydrogen) atoms. The summed E-state index contributed by atoms with van der Waals surface area (Å²) in [4.78, 5) is 28.8. The highest BCUT2D eigenvalue weighted by atomic mass is 32.1. The molecule has 3 heterocycles. The smallest absolute Gasteiger partial charge is 0.297 e.